The van der Waals surface area contributed by atoms with Gasteiger partial charge in [-0.25, -0.2) is 0 Å². The van der Waals surface area contributed by atoms with Gasteiger partial charge in [-0.2, -0.15) is 0 Å². The third kappa shape index (κ3) is 3.82. The van der Waals surface area contributed by atoms with E-state index in [1.165, 1.54) is 0 Å². The molecule has 0 aliphatic rings. The molecular formula is C15H21N3O2. The highest BCUT2D eigenvalue weighted by Crippen LogP contribution is 2.16. The van der Waals surface area contributed by atoms with Crippen LogP contribution in [0.5, 0.6) is 0 Å². The molecule has 5 nitrogen and oxygen atoms in total. The van der Waals surface area contributed by atoms with E-state index in [1.54, 1.807) is 0 Å². The fourth-order valence-electron chi connectivity index (χ4n) is 1.96. The zero-order valence-electron chi connectivity index (χ0n) is 12.0. The maximum absolute atomic E-state index is 12.1. The summed E-state index contributed by atoms with van der Waals surface area (Å²) in [6.07, 6.45) is 1.84. The predicted octanol–water partition coefficient (Wildman–Crippen LogP) is 1.48. The number of hydrogen-bond donors (Lipinski definition) is 2. The average molecular weight is 275 g/mol. The molecule has 2 N–H and O–H groups in total. The van der Waals surface area contributed by atoms with Crippen molar-refractivity contribution in [2.24, 2.45) is 0 Å². The van der Waals surface area contributed by atoms with Crippen LogP contribution in [0.3, 0.4) is 0 Å². The van der Waals surface area contributed by atoms with Crippen molar-refractivity contribution >= 4 is 16.8 Å². The van der Waals surface area contributed by atoms with Crippen molar-refractivity contribution in [3.05, 3.63) is 36.0 Å². The lowest BCUT2D eigenvalue weighted by Gasteiger charge is -2.10. The number of nitrogens with zero attached hydrogens (tertiary/aromatic N) is 1. The van der Waals surface area contributed by atoms with E-state index in [9.17, 15) is 4.79 Å². The summed E-state index contributed by atoms with van der Waals surface area (Å²) in [5, 5.41) is 3.82. The third-order valence-corrected chi connectivity index (χ3v) is 3.05. The fraction of sp³-hybridized carbons (Fsp3) is 0.400. The van der Waals surface area contributed by atoms with Crippen LogP contribution in [-0.4, -0.2) is 56.2 Å². The van der Waals surface area contributed by atoms with Gasteiger partial charge >= 0.3 is 0 Å². The molecule has 1 aromatic carbocycles. The number of ether oxygens (including phenoxy) is 1. The molecule has 1 aromatic heterocycles. The van der Waals surface area contributed by atoms with Crippen LogP contribution in [0.15, 0.2) is 30.5 Å². The van der Waals surface area contributed by atoms with Crippen LogP contribution in [0, 0.1) is 0 Å². The Labute approximate surface area is 118 Å². The molecule has 0 aliphatic carbocycles. The first-order chi connectivity index (χ1) is 9.68. The number of H-pyrrole nitrogens is 1. The molecule has 0 radical (unpaired) electrons. The summed E-state index contributed by atoms with van der Waals surface area (Å²) in [6.45, 7) is 2.61. The third-order valence-electron chi connectivity index (χ3n) is 3.05. The Bertz CT molecular complexity index is 563. The van der Waals surface area contributed by atoms with E-state index in [0.717, 1.165) is 17.4 Å². The second-order valence-electron chi connectivity index (χ2n) is 4.92. The monoisotopic (exact) mass is 275 g/mol. The SMILES string of the molecule is CN(C)CCOCCNC(=O)c1cccc2[nH]ccc12. The minimum Gasteiger partial charge on any atom is -0.378 e. The molecule has 5 heteroatoms. The van der Waals surface area contributed by atoms with Crippen LogP contribution >= 0.6 is 0 Å². The number of aromatic nitrogens is 1. The summed E-state index contributed by atoms with van der Waals surface area (Å²) in [5.41, 5.74) is 1.66. The van der Waals surface area contributed by atoms with Crippen LogP contribution < -0.4 is 5.32 Å². The van der Waals surface area contributed by atoms with E-state index in [-0.39, 0.29) is 5.91 Å². The van der Waals surface area contributed by atoms with E-state index >= 15 is 0 Å². The van der Waals surface area contributed by atoms with Crippen LogP contribution in [0.4, 0.5) is 0 Å². The second kappa shape index (κ2) is 7.07. The highest BCUT2D eigenvalue weighted by Gasteiger charge is 2.09. The van der Waals surface area contributed by atoms with Crippen molar-refractivity contribution in [2.45, 2.75) is 0 Å². The van der Waals surface area contributed by atoms with E-state index in [1.807, 2.05) is 44.6 Å². The number of benzene rings is 1. The lowest BCUT2D eigenvalue weighted by molar-refractivity contribution is 0.0902. The first-order valence-corrected chi connectivity index (χ1v) is 6.75. The van der Waals surface area contributed by atoms with Crippen molar-refractivity contribution in [1.29, 1.82) is 0 Å². The molecule has 0 bridgehead atoms. The van der Waals surface area contributed by atoms with Gasteiger partial charge in [-0.15, -0.1) is 0 Å². The van der Waals surface area contributed by atoms with Crippen molar-refractivity contribution < 1.29 is 9.53 Å². The molecule has 20 heavy (non-hydrogen) atoms. The number of nitrogens with one attached hydrogen (secondary N) is 2. The lowest BCUT2D eigenvalue weighted by Crippen LogP contribution is -2.28. The highest BCUT2D eigenvalue weighted by molar-refractivity contribution is 6.06. The molecule has 2 rings (SSSR count). The summed E-state index contributed by atoms with van der Waals surface area (Å²) < 4.78 is 5.44. The molecule has 0 unspecified atom stereocenters. The second-order valence-corrected chi connectivity index (χ2v) is 4.92. The van der Waals surface area contributed by atoms with Gasteiger partial charge in [-0.1, -0.05) is 6.07 Å². The van der Waals surface area contributed by atoms with Gasteiger partial charge in [0.25, 0.3) is 5.91 Å². The summed E-state index contributed by atoms with van der Waals surface area (Å²) >= 11 is 0. The quantitative estimate of drug-likeness (QED) is 0.752. The Balaban J connectivity index is 1.79. The summed E-state index contributed by atoms with van der Waals surface area (Å²) in [6, 6.07) is 7.58. The lowest BCUT2D eigenvalue weighted by atomic mass is 10.1. The molecule has 0 atom stereocenters. The minimum absolute atomic E-state index is 0.0635. The van der Waals surface area contributed by atoms with Crippen molar-refractivity contribution in [3.63, 3.8) is 0 Å². The first kappa shape index (κ1) is 14.6. The summed E-state index contributed by atoms with van der Waals surface area (Å²) in [7, 11) is 4.01. The number of amides is 1. The van der Waals surface area contributed by atoms with Gasteiger partial charge in [0.2, 0.25) is 0 Å². The Morgan fingerprint density at radius 1 is 1.30 bits per heavy atom. The first-order valence-electron chi connectivity index (χ1n) is 6.75. The van der Waals surface area contributed by atoms with Gasteiger partial charge in [0.05, 0.1) is 13.2 Å². The number of carbonyl (C=O) groups excluding carboxylic acids is 1. The zero-order chi connectivity index (χ0) is 14.4. The number of carbonyl (C=O) groups is 1. The van der Waals surface area contributed by atoms with Crippen LogP contribution in [0.25, 0.3) is 10.9 Å². The smallest absolute Gasteiger partial charge is 0.252 e. The van der Waals surface area contributed by atoms with Gasteiger partial charge in [-0.3, -0.25) is 4.79 Å². The van der Waals surface area contributed by atoms with Gasteiger partial charge < -0.3 is 19.9 Å². The Kier molecular flexibility index (Phi) is 5.15. The van der Waals surface area contributed by atoms with Crippen molar-refractivity contribution in [3.8, 4) is 0 Å². The maximum atomic E-state index is 12.1. The highest BCUT2D eigenvalue weighted by atomic mass is 16.5. The Hall–Kier alpha value is -1.85. The molecule has 1 amide bonds. The number of hydrogen-bond acceptors (Lipinski definition) is 3. The molecule has 108 valence electrons. The number of aromatic amines is 1. The average Bonchev–Trinajstić information content (AvgIpc) is 2.90. The number of rotatable bonds is 7. The van der Waals surface area contributed by atoms with E-state index in [2.05, 4.69) is 15.2 Å². The van der Waals surface area contributed by atoms with Crippen molar-refractivity contribution in [2.75, 3.05) is 40.4 Å². The fourth-order valence-corrected chi connectivity index (χ4v) is 1.96. The van der Waals surface area contributed by atoms with Crippen LogP contribution in [0.1, 0.15) is 10.4 Å². The van der Waals surface area contributed by atoms with Gasteiger partial charge in [0, 0.05) is 35.8 Å². The molecule has 1 heterocycles. The van der Waals surface area contributed by atoms with E-state index in [0.29, 0.717) is 25.3 Å². The van der Waals surface area contributed by atoms with Crippen LogP contribution in [-0.2, 0) is 4.74 Å². The zero-order valence-corrected chi connectivity index (χ0v) is 12.0. The van der Waals surface area contributed by atoms with Crippen LogP contribution in [0.2, 0.25) is 0 Å². The number of fused-ring (bicyclic) bond motifs is 1. The number of likely N-dealkylation sites (N-methyl/N-ethyl adjacent to an activating group) is 1. The molecule has 2 aromatic rings. The molecule has 0 saturated carbocycles. The van der Waals surface area contributed by atoms with Crippen molar-refractivity contribution in [1.82, 2.24) is 15.2 Å². The normalized spacial score (nSPS) is 11.2. The predicted molar refractivity (Wildman–Crippen MR) is 80.0 cm³/mol. The standard InChI is InChI=1S/C15H21N3O2/c1-18(2)9-11-20-10-8-17-15(19)13-4-3-5-14-12(13)6-7-16-14/h3-7,16H,8-11H2,1-2H3,(H,17,19). The largest absolute Gasteiger partial charge is 0.378 e. The molecule has 0 aliphatic heterocycles. The Morgan fingerprint density at radius 3 is 2.95 bits per heavy atom. The topological polar surface area (TPSA) is 57.4 Å². The molecular weight excluding hydrogens is 254 g/mol. The maximum Gasteiger partial charge on any atom is 0.252 e. The Morgan fingerprint density at radius 2 is 2.15 bits per heavy atom. The van der Waals surface area contributed by atoms with Gasteiger partial charge in [-0.05, 0) is 32.3 Å². The summed E-state index contributed by atoms with van der Waals surface area (Å²) in [4.78, 5) is 17.3. The van der Waals surface area contributed by atoms with Gasteiger partial charge in [0.1, 0.15) is 0 Å². The molecule has 0 spiro atoms. The summed E-state index contributed by atoms with van der Waals surface area (Å²) in [5.74, 6) is -0.0635. The van der Waals surface area contributed by atoms with E-state index < -0.39 is 0 Å². The minimum atomic E-state index is -0.0635. The van der Waals surface area contributed by atoms with Gasteiger partial charge in [0.15, 0.2) is 0 Å². The molecule has 0 saturated heterocycles. The van der Waals surface area contributed by atoms with E-state index in [4.69, 9.17) is 4.74 Å². The molecule has 0 fully saturated rings.